The first-order valence-corrected chi connectivity index (χ1v) is 17.9. The molecule has 1 aliphatic heterocycles. The summed E-state index contributed by atoms with van der Waals surface area (Å²) >= 11 is 7.64. The Morgan fingerprint density at radius 2 is 1.77 bits per heavy atom. The molecule has 1 fully saturated rings. The average Bonchev–Trinajstić information content (AvgIpc) is 3.59. The van der Waals surface area contributed by atoms with Gasteiger partial charge in [-0.1, -0.05) is 67.8 Å². The van der Waals surface area contributed by atoms with Crippen LogP contribution in [0.2, 0.25) is 5.02 Å². The normalized spacial score (nSPS) is 15.5. The smallest absolute Gasteiger partial charge is 0.253 e. The first-order valence-electron chi connectivity index (χ1n) is 15.3. The van der Waals surface area contributed by atoms with Crippen LogP contribution in [-0.4, -0.2) is 47.2 Å². The predicted octanol–water partition coefficient (Wildman–Crippen LogP) is 8.50. The Balaban J connectivity index is 1.46. The minimum absolute atomic E-state index is 0.378. The van der Waals surface area contributed by atoms with Crippen LogP contribution in [0.3, 0.4) is 0 Å². The molecular weight excluding hydrogens is 596 g/mol. The van der Waals surface area contributed by atoms with Gasteiger partial charge in [-0.2, -0.15) is 4.31 Å². The van der Waals surface area contributed by atoms with Crippen LogP contribution in [0.25, 0.3) is 21.1 Å². The van der Waals surface area contributed by atoms with E-state index in [0.717, 1.165) is 64.7 Å². The zero-order valence-corrected chi connectivity index (χ0v) is 27.2. The molecule has 6 nitrogen and oxygen atoms in total. The highest BCUT2D eigenvalue weighted by Gasteiger charge is 2.37. The summed E-state index contributed by atoms with van der Waals surface area (Å²) in [5, 5.41) is 1.49. The van der Waals surface area contributed by atoms with Crippen molar-refractivity contribution in [1.29, 1.82) is 0 Å². The number of rotatable bonds is 11. The number of para-hydroxylation sites is 2. The molecule has 0 amide bonds. The molecule has 1 atom stereocenters. The Bertz CT molecular complexity index is 1790. The molecule has 1 saturated heterocycles. The molecule has 5 aromatic rings. The average molecular weight is 635 g/mol. The first kappa shape index (κ1) is 30.3. The van der Waals surface area contributed by atoms with Crippen molar-refractivity contribution in [3.63, 3.8) is 0 Å². The minimum Gasteiger partial charge on any atom is -0.341 e. The molecule has 2 aromatic heterocycles. The van der Waals surface area contributed by atoms with E-state index in [4.69, 9.17) is 16.6 Å². The highest BCUT2D eigenvalue weighted by molar-refractivity contribution is 7.91. The Morgan fingerprint density at radius 3 is 2.53 bits per heavy atom. The quantitative estimate of drug-likeness (QED) is 0.158. The van der Waals surface area contributed by atoms with Gasteiger partial charge in [0.2, 0.25) is 0 Å². The van der Waals surface area contributed by atoms with Crippen molar-refractivity contribution in [1.82, 2.24) is 19.2 Å². The van der Waals surface area contributed by atoms with E-state index in [9.17, 15) is 8.42 Å². The van der Waals surface area contributed by atoms with Crippen molar-refractivity contribution in [2.75, 3.05) is 19.6 Å². The van der Waals surface area contributed by atoms with Gasteiger partial charge in [0.15, 0.2) is 0 Å². The number of thiophene rings is 1. The van der Waals surface area contributed by atoms with Crippen LogP contribution in [0.5, 0.6) is 0 Å². The van der Waals surface area contributed by atoms with Crippen molar-refractivity contribution in [3.8, 4) is 0 Å². The highest BCUT2D eigenvalue weighted by atomic mass is 35.5. The summed E-state index contributed by atoms with van der Waals surface area (Å²) in [4.78, 5) is 11.0. The third-order valence-electron chi connectivity index (χ3n) is 8.57. The number of aromatic amines is 1. The van der Waals surface area contributed by atoms with Crippen LogP contribution in [0.4, 0.5) is 0 Å². The van der Waals surface area contributed by atoms with Crippen LogP contribution in [0.15, 0.2) is 70.9 Å². The van der Waals surface area contributed by atoms with Gasteiger partial charge in [0.25, 0.3) is 10.0 Å². The summed E-state index contributed by atoms with van der Waals surface area (Å²) < 4.78 is 32.6. The van der Waals surface area contributed by atoms with Gasteiger partial charge in [0, 0.05) is 22.8 Å². The molecule has 0 aliphatic carbocycles. The van der Waals surface area contributed by atoms with Gasteiger partial charge in [-0.3, -0.25) is 4.90 Å². The van der Waals surface area contributed by atoms with E-state index in [0.29, 0.717) is 28.0 Å². The lowest BCUT2D eigenvalue weighted by Crippen LogP contribution is -2.37. The van der Waals surface area contributed by atoms with Crippen LogP contribution >= 0.6 is 22.9 Å². The maximum absolute atomic E-state index is 14.8. The summed E-state index contributed by atoms with van der Waals surface area (Å²) in [5.41, 5.74) is 4.91. The van der Waals surface area contributed by atoms with Crippen molar-refractivity contribution in [3.05, 3.63) is 94.3 Å². The fourth-order valence-electron chi connectivity index (χ4n) is 6.22. The van der Waals surface area contributed by atoms with Crippen LogP contribution in [0.1, 0.15) is 67.6 Å². The number of aryl methyl sites for hydroxylation is 1. The third-order valence-corrected chi connectivity index (χ3v) is 12.6. The molecule has 3 aromatic carbocycles. The highest BCUT2D eigenvalue weighted by Crippen LogP contribution is 2.40. The van der Waals surface area contributed by atoms with Gasteiger partial charge in [-0.15, -0.1) is 11.3 Å². The summed E-state index contributed by atoms with van der Waals surface area (Å²) in [6.07, 6.45) is 5.91. The number of halogens is 1. The van der Waals surface area contributed by atoms with Gasteiger partial charge in [0.1, 0.15) is 10.0 Å². The van der Waals surface area contributed by atoms with Crippen LogP contribution in [0, 0.1) is 6.92 Å². The fourth-order valence-corrected chi connectivity index (χ4v) is 9.88. The number of hydrogen-bond donors (Lipinski definition) is 1. The molecule has 0 spiro atoms. The monoisotopic (exact) mass is 634 g/mol. The number of aromatic nitrogens is 2. The SMILES string of the molecule is CCCCN(C(Cc1ccccc1CN1CCCCC1)c1nc2ccccc2[nH]1)S(=O)(=O)c1sc2ccc(Cl)cc2c1C. The molecule has 43 heavy (non-hydrogen) atoms. The molecule has 9 heteroatoms. The van der Waals surface area contributed by atoms with E-state index in [1.165, 1.54) is 36.2 Å². The number of H-pyrrole nitrogens is 1. The number of unbranched alkanes of at least 4 members (excludes halogenated alkanes) is 1. The molecule has 6 rings (SSSR count). The summed E-state index contributed by atoms with van der Waals surface area (Å²) in [5.74, 6) is 0.676. The van der Waals surface area contributed by atoms with E-state index in [-0.39, 0.29) is 0 Å². The second kappa shape index (κ2) is 13.1. The lowest BCUT2D eigenvalue weighted by Gasteiger charge is -2.31. The summed E-state index contributed by atoms with van der Waals surface area (Å²) in [6, 6.07) is 21.5. The number of piperidine rings is 1. The molecule has 0 radical (unpaired) electrons. The number of nitrogens with zero attached hydrogens (tertiary/aromatic N) is 3. The first-order chi connectivity index (χ1) is 20.8. The molecule has 0 saturated carbocycles. The summed E-state index contributed by atoms with van der Waals surface area (Å²) in [6.45, 7) is 7.48. The minimum atomic E-state index is -3.89. The van der Waals surface area contributed by atoms with Crippen LogP contribution in [-0.2, 0) is 23.0 Å². The van der Waals surface area contributed by atoms with Gasteiger partial charge < -0.3 is 4.98 Å². The number of benzene rings is 3. The van der Waals surface area contributed by atoms with Crippen molar-refractivity contribution in [2.24, 2.45) is 0 Å². The zero-order valence-electron chi connectivity index (χ0n) is 24.9. The number of likely N-dealkylation sites (tertiary alicyclic amines) is 1. The van der Waals surface area contributed by atoms with E-state index in [1.54, 1.807) is 4.31 Å². The van der Waals surface area contributed by atoms with Crippen LogP contribution < -0.4 is 0 Å². The molecule has 226 valence electrons. The standard InChI is InChI=1S/C34H39ClN4O2S2/c1-3-4-20-39(43(40,41)34-24(2)28-22-27(35)16-17-32(28)42-34)31(33-36-29-14-8-9-15-30(29)37-33)21-25-12-6-7-13-26(25)23-38-18-10-5-11-19-38/h6-9,12-17,22,31H,3-5,10-11,18-21,23H2,1-2H3,(H,36,37). The van der Waals surface area contributed by atoms with Gasteiger partial charge in [-0.05, 0) is 98.1 Å². The number of nitrogens with one attached hydrogen (secondary N) is 1. The Hall–Kier alpha value is -2.75. The molecule has 0 bridgehead atoms. The summed E-state index contributed by atoms with van der Waals surface area (Å²) in [7, 11) is -3.89. The molecular formula is C34H39ClN4O2S2. The Kier molecular flexibility index (Phi) is 9.21. The lowest BCUT2D eigenvalue weighted by molar-refractivity contribution is 0.219. The van der Waals surface area contributed by atoms with Crippen molar-refractivity contribution < 1.29 is 8.42 Å². The zero-order chi connectivity index (χ0) is 30.0. The second-order valence-corrected chi connectivity index (χ2v) is 15.2. The largest absolute Gasteiger partial charge is 0.341 e. The lowest BCUT2D eigenvalue weighted by atomic mass is 9.98. The number of sulfonamides is 1. The van der Waals surface area contributed by atoms with Gasteiger partial charge >= 0.3 is 0 Å². The van der Waals surface area contributed by atoms with E-state index in [2.05, 4.69) is 41.1 Å². The van der Waals surface area contributed by atoms with Gasteiger partial charge in [-0.25, -0.2) is 13.4 Å². The van der Waals surface area contributed by atoms with E-state index in [1.807, 2.05) is 49.4 Å². The second-order valence-electron chi connectivity index (χ2n) is 11.6. The fraction of sp³-hybridized carbons (Fsp3) is 0.382. The molecule has 3 heterocycles. The number of fused-ring (bicyclic) bond motifs is 2. The molecule has 1 unspecified atom stereocenters. The van der Waals surface area contributed by atoms with E-state index < -0.39 is 16.1 Å². The van der Waals surface area contributed by atoms with Crippen molar-refractivity contribution >= 4 is 54.1 Å². The van der Waals surface area contributed by atoms with Gasteiger partial charge in [0.05, 0.1) is 17.1 Å². The maximum Gasteiger partial charge on any atom is 0.253 e. The predicted molar refractivity (Wildman–Crippen MR) is 178 cm³/mol. The molecule has 1 N–H and O–H groups in total. The number of hydrogen-bond acceptors (Lipinski definition) is 5. The van der Waals surface area contributed by atoms with Crippen molar-refractivity contribution in [2.45, 2.75) is 69.2 Å². The third kappa shape index (κ3) is 6.40. The van der Waals surface area contributed by atoms with E-state index >= 15 is 0 Å². The Morgan fingerprint density at radius 1 is 1.02 bits per heavy atom. The Labute approximate surface area is 263 Å². The maximum atomic E-state index is 14.8. The molecule has 1 aliphatic rings. The topological polar surface area (TPSA) is 69.3 Å². The number of imidazole rings is 1.